The van der Waals surface area contributed by atoms with E-state index in [1.54, 1.807) is 0 Å². The molecule has 1 aliphatic rings. The van der Waals surface area contributed by atoms with Crippen molar-refractivity contribution in [3.8, 4) is 0 Å². The number of amides is 1. The second-order valence-electron chi connectivity index (χ2n) is 5.35. The van der Waals surface area contributed by atoms with Gasteiger partial charge in [-0.1, -0.05) is 27.6 Å². The molecule has 2 aromatic rings. The van der Waals surface area contributed by atoms with E-state index in [0.717, 1.165) is 38.1 Å². The minimum absolute atomic E-state index is 0.143. The van der Waals surface area contributed by atoms with Crippen LogP contribution in [-0.2, 0) is 4.79 Å². The minimum Gasteiger partial charge on any atom is -0.320 e. The topological polar surface area (TPSA) is 41.5 Å². The zero-order valence-electron chi connectivity index (χ0n) is 12.1. The molecule has 21 heavy (non-hydrogen) atoms. The Balaban J connectivity index is 2.15. The molecule has 3 nitrogen and oxygen atoms in total. The van der Waals surface area contributed by atoms with Crippen molar-refractivity contribution in [1.29, 1.82) is 0 Å². The minimum atomic E-state index is -0.143. The van der Waals surface area contributed by atoms with Crippen molar-refractivity contribution < 1.29 is 4.79 Å². The molecule has 0 aromatic heterocycles. The number of hydrogen-bond donors (Lipinski definition) is 1. The lowest BCUT2D eigenvalue weighted by Crippen LogP contribution is -2.14. The van der Waals surface area contributed by atoms with Crippen molar-refractivity contribution in [3.05, 3.63) is 57.1 Å². The molecule has 0 fully saturated rings. The average Bonchev–Trinajstić information content (AvgIpc) is 2.72. The molecule has 0 unspecified atom stereocenters. The number of aryl methyl sites for hydroxylation is 3. The molecule has 1 N–H and O–H groups in total. The largest absolute Gasteiger partial charge is 0.320 e. The number of halogens is 1. The molecule has 0 atom stereocenters. The molecule has 0 spiro atoms. The molecule has 1 aliphatic heterocycles. The Labute approximate surface area is 132 Å². The Kier molecular flexibility index (Phi) is 3.41. The van der Waals surface area contributed by atoms with Crippen LogP contribution in [0, 0.1) is 20.8 Å². The molecule has 1 heterocycles. The second-order valence-corrected chi connectivity index (χ2v) is 6.21. The summed E-state index contributed by atoms with van der Waals surface area (Å²) in [6.07, 6.45) is 0. The summed E-state index contributed by atoms with van der Waals surface area (Å²) in [5.74, 6) is -0.143. The highest BCUT2D eigenvalue weighted by Crippen LogP contribution is 2.30. The van der Waals surface area contributed by atoms with Gasteiger partial charge in [-0.05, 0) is 56.2 Å². The van der Waals surface area contributed by atoms with E-state index in [1.807, 2.05) is 51.1 Å². The molecule has 106 valence electrons. The third-order valence-electron chi connectivity index (χ3n) is 3.60. The Morgan fingerprint density at radius 2 is 1.81 bits per heavy atom. The van der Waals surface area contributed by atoms with Crippen LogP contribution in [0.15, 0.2) is 39.8 Å². The third-order valence-corrected chi connectivity index (χ3v) is 4.46. The van der Waals surface area contributed by atoms with Crippen molar-refractivity contribution >= 4 is 38.9 Å². The maximum absolute atomic E-state index is 12.2. The summed E-state index contributed by atoms with van der Waals surface area (Å²) in [6, 6.07) is 9.92. The monoisotopic (exact) mass is 342 g/mol. The van der Waals surface area contributed by atoms with Gasteiger partial charge in [0.15, 0.2) is 0 Å². The highest BCUT2D eigenvalue weighted by Gasteiger charge is 2.26. The van der Waals surface area contributed by atoms with Crippen LogP contribution >= 0.6 is 15.9 Å². The number of hydrogen-bond acceptors (Lipinski definition) is 2. The fraction of sp³-hybridized carbons (Fsp3) is 0.176. The smallest absolute Gasteiger partial charge is 0.275 e. The van der Waals surface area contributed by atoms with Crippen LogP contribution in [0.1, 0.15) is 22.3 Å². The van der Waals surface area contributed by atoms with Gasteiger partial charge in [-0.25, -0.2) is 4.99 Å². The lowest BCUT2D eigenvalue weighted by molar-refractivity contribution is -0.110. The van der Waals surface area contributed by atoms with Crippen LogP contribution < -0.4 is 5.32 Å². The molecule has 0 saturated heterocycles. The normalized spacial score (nSPS) is 15.2. The highest BCUT2D eigenvalue weighted by atomic mass is 79.9. The Morgan fingerprint density at radius 1 is 1.05 bits per heavy atom. The van der Waals surface area contributed by atoms with Gasteiger partial charge in [0.2, 0.25) is 0 Å². The van der Waals surface area contributed by atoms with E-state index in [4.69, 9.17) is 0 Å². The number of fused-ring (bicyclic) bond motifs is 1. The third kappa shape index (κ3) is 2.51. The summed E-state index contributed by atoms with van der Waals surface area (Å²) < 4.78 is 1.05. The Bertz CT molecular complexity index is 794. The summed E-state index contributed by atoms with van der Waals surface area (Å²) >= 11 is 3.51. The standard InChI is InChI=1S/C17H15BrN2O/c1-9-4-5-14-12(6-9)16(17(21)20-14)19-15-8-10(2)13(18)7-11(15)3/h4-8H,1-3H3,(H,19,20,21). The fourth-order valence-electron chi connectivity index (χ4n) is 2.38. The van der Waals surface area contributed by atoms with Crippen molar-refractivity contribution in [1.82, 2.24) is 0 Å². The molecular formula is C17H15BrN2O. The number of anilines is 1. The van der Waals surface area contributed by atoms with E-state index in [9.17, 15) is 4.79 Å². The number of nitrogens with one attached hydrogen (secondary N) is 1. The zero-order valence-corrected chi connectivity index (χ0v) is 13.7. The van der Waals surface area contributed by atoms with E-state index in [0.29, 0.717) is 5.71 Å². The number of aliphatic imine (C=N–C) groups is 1. The van der Waals surface area contributed by atoms with E-state index in [2.05, 4.69) is 26.2 Å². The lowest BCUT2D eigenvalue weighted by Gasteiger charge is -2.06. The first-order chi connectivity index (χ1) is 9.95. The number of nitrogens with zero attached hydrogens (tertiary/aromatic N) is 1. The molecule has 3 rings (SSSR count). The molecule has 0 aliphatic carbocycles. The van der Waals surface area contributed by atoms with Crippen LogP contribution in [-0.4, -0.2) is 11.6 Å². The summed E-state index contributed by atoms with van der Waals surface area (Å²) in [5.41, 5.74) is 6.27. The number of benzene rings is 2. The Hall–Kier alpha value is -1.94. The van der Waals surface area contributed by atoms with Crippen molar-refractivity contribution in [2.45, 2.75) is 20.8 Å². The maximum Gasteiger partial charge on any atom is 0.275 e. The molecule has 4 heteroatoms. The highest BCUT2D eigenvalue weighted by molar-refractivity contribution is 9.10. The number of rotatable bonds is 1. The van der Waals surface area contributed by atoms with Gasteiger partial charge in [-0.3, -0.25) is 4.79 Å². The SMILES string of the molecule is Cc1ccc2c(c1)C(=Nc1cc(C)c(Br)cc1C)C(=O)N2. The van der Waals surface area contributed by atoms with Gasteiger partial charge in [0.05, 0.1) is 11.4 Å². The molecule has 0 saturated carbocycles. The molecule has 0 radical (unpaired) electrons. The second kappa shape index (κ2) is 5.11. The summed E-state index contributed by atoms with van der Waals surface area (Å²) in [6.45, 7) is 6.02. The molecular weight excluding hydrogens is 328 g/mol. The molecule has 2 aromatic carbocycles. The van der Waals surface area contributed by atoms with Gasteiger partial charge in [-0.15, -0.1) is 0 Å². The fourth-order valence-corrected chi connectivity index (χ4v) is 2.84. The van der Waals surface area contributed by atoms with Crippen LogP contribution in [0.25, 0.3) is 0 Å². The van der Waals surface area contributed by atoms with Crippen LogP contribution in [0.4, 0.5) is 11.4 Å². The number of carbonyl (C=O) groups is 1. The Morgan fingerprint density at radius 3 is 2.57 bits per heavy atom. The first kappa shape index (κ1) is 14.0. The van der Waals surface area contributed by atoms with Gasteiger partial charge in [0.1, 0.15) is 5.71 Å². The average molecular weight is 343 g/mol. The summed E-state index contributed by atoms with van der Waals surface area (Å²) in [5, 5.41) is 2.86. The number of carbonyl (C=O) groups excluding carboxylic acids is 1. The first-order valence-electron chi connectivity index (χ1n) is 6.73. The molecule has 0 bridgehead atoms. The predicted molar refractivity (Wildman–Crippen MR) is 89.6 cm³/mol. The molecule has 1 amide bonds. The van der Waals surface area contributed by atoms with Gasteiger partial charge in [0.25, 0.3) is 5.91 Å². The van der Waals surface area contributed by atoms with E-state index in [-0.39, 0.29) is 5.91 Å². The quantitative estimate of drug-likeness (QED) is 0.817. The van der Waals surface area contributed by atoms with Crippen LogP contribution in [0.5, 0.6) is 0 Å². The lowest BCUT2D eigenvalue weighted by atomic mass is 10.1. The van der Waals surface area contributed by atoms with Crippen molar-refractivity contribution in [2.24, 2.45) is 4.99 Å². The summed E-state index contributed by atoms with van der Waals surface area (Å²) in [7, 11) is 0. The van der Waals surface area contributed by atoms with Gasteiger partial charge in [-0.2, -0.15) is 0 Å². The van der Waals surface area contributed by atoms with Crippen LogP contribution in [0.3, 0.4) is 0 Å². The van der Waals surface area contributed by atoms with E-state index in [1.165, 1.54) is 0 Å². The van der Waals surface area contributed by atoms with E-state index < -0.39 is 0 Å². The van der Waals surface area contributed by atoms with Gasteiger partial charge < -0.3 is 5.32 Å². The van der Waals surface area contributed by atoms with E-state index >= 15 is 0 Å². The van der Waals surface area contributed by atoms with Gasteiger partial charge >= 0.3 is 0 Å². The summed E-state index contributed by atoms with van der Waals surface area (Å²) in [4.78, 5) is 16.8. The van der Waals surface area contributed by atoms with Crippen LogP contribution in [0.2, 0.25) is 0 Å². The maximum atomic E-state index is 12.2. The van der Waals surface area contributed by atoms with Crippen molar-refractivity contribution in [3.63, 3.8) is 0 Å². The predicted octanol–water partition coefficient (Wildman–Crippen LogP) is 4.45. The zero-order chi connectivity index (χ0) is 15.1. The van der Waals surface area contributed by atoms with Crippen molar-refractivity contribution in [2.75, 3.05) is 5.32 Å². The van der Waals surface area contributed by atoms with Gasteiger partial charge in [0, 0.05) is 10.0 Å². The first-order valence-corrected chi connectivity index (χ1v) is 7.53.